The summed E-state index contributed by atoms with van der Waals surface area (Å²) in [6, 6.07) is 5.52. The fourth-order valence-corrected chi connectivity index (χ4v) is 3.17. The molecule has 0 aliphatic carbocycles. The van der Waals surface area contributed by atoms with Gasteiger partial charge in [0.15, 0.2) is 11.9 Å². The normalized spacial score (nSPS) is 18.6. The number of benzene rings is 1. The molecule has 6 nitrogen and oxygen atoms in total. The lowest BCUT2D eigenvalue weighted by atomic mass is 10.2. The zero-order valence-electron chi connectivity index (χ0n) is 11.8. The van der Waals surface area contributed by atoms with Crippen molar-refractivity contribution in [1.29, 1.82) is 0 Å². The van der Waals surface area contributed by atoms with Crippen molar-refractivity contribution in [3.63, 3.8) is 0 Å². The SMILES string of the molecule is Cc1cc(Br)c2oc(C(=O)N3CCOC(C(=O)O)C3)cc2c1. The second-order valence-electron chi connectivity index (χ2n) is 5.22. The largest absolute Gasteiger partial charge is 0.479 e. The van der Waals surface area contributed by atoms with Crippen LogP contribution in [0.3, 0.4) is 0 Å². The van der Waals surface area contributed by atoms with Crippen molar-refractivity contribution < 1.29 is 23.8 Å². The molecule has 1 fully saturated rings. The maximum atomic E-state index is 12.5. The molecule has 1 aromatic carbocycles. The summed E-state index contributed by atoms with van der Waals surface area (Å²) in [6.45, 7) is 2.52. The van der Waals surface area contributed by atoms with Gasteiger partial charge in [-0.15, -0.1) is 0 Å². The molecule has 1 atom stereocenters. The predicted octanol–water partition coefficient (Wildman–Crippen LogP) is 2.43. The van der Waals surface area contributed by atoms with Crippen LogP contribution >= 0.6 is 15.9 Å². The molecule has 116 valence electrons. The van der Waals surface area contributed by atoms with E-state index in [4.69, 9.17) is 14.3 Å². The predicted molar refractivity (Wildman–Crippen MR) is 81.9 cm³/mol. The van der Waals surface area contributed by atoms with Gasteiger partial charge in [-0.1, -0.05) is 0 Å². The van der Waals surface area contributed by atoms with Gasteiger partial charge in [-0.25, -0.2) is 4.79 Å². The van der Waals surface area contributed by atoms with Crippen molar-refractivity contribution in [2.24, 2.45) is 0 Å². The molecule has 22 heavy (non-hydrogen) atoms. The number of carbonyl (C=O) groups excluding carboxylic acids is 1. The molecule has 7 heteroatoms. The highest BCUT2D eigenvalue weighted by Gasteiger charge is 2.30. The number of aliphatic carboxylic acids is 1. The van der Waals surface area contributed by atoms with Gasteiger partial charge in [-0.3, -0.25) is 4.79 Å². The van der Waals surface area contributed by atoms with Crippen LogP contribution in [0.1, 0.15) is 16.1 Å². The summed E-state index contributed by atoms with van der Waals surface area (Å²) >= 11 is 3.42. The zero-order chi connectivity index (χ0) is 15.9. The van der Waals surface area contributed by atoms with Gasteiger partial charge in [0.05, 0.1) is 17.6 Å². The molecule has 0 bridgehead atoms. The molecular formula is C15H14BrNO5. The number of carbonyl (C=O) groups is 2. The number of ether oxygens (including phenoxy) is 1. The monoisotopic (exact) mass is 367 g/mol. The highest BCUT2D eigenvalue weighted by Crippen LogP contribution is 2.29. The minimum absolute atomic E-state index is 0.0193. The van der Waals surface area contributed by atoms with Crippen molar-refractivity contribution in [2.45, 2.75) is 13.0 Å². The Hall–Kier alpha value is -1.86. The Morgan fingerprint density at radius 1 is 1.36 bits per heavy atom. The lowest BCUT2D eigenvalue weighted by Crippen LogP contribution is -2.48. The van der Waals surface area contributed by atoms with Crippen LogP contribution in [0.4, 0.5) is 0 Å². The quantitative estimate of drug-likeness (QED) is 0.881. The fraction of sp³-hybridized carbons (Fsp3) is 0.333. The number of halogens is 1. The molecule has 1 aliphatic rings. The number of furan rings is 1. The summed E-state index contributed by atoms with van der Waals surface area (Å²) in [6.07, 6.45) is -0.990. The van der Waals surface area contributed by atoms with E-state index < -0.39 is 12.1 Å². The summed E-state index contributed by atoms with van der Waals surface area (Å²) in [5, 5.41) is 9.83. The first-order valence-corrected chi connectivity index (χ1v) is 7.58. The Morgan fingerprint density at radius 2 is 2.14 bits per heavy atom. The van der Waals surface area contributed by atoms with Gasteiger partial charge in [0, 0.05) is 11.9 Å². The second kappa shape index (κ2) is 5.73. The molecule has 1 N–H and O–H groups in total. The van der Waals surface area contributed by atoms with E-state index in [9.17, 15) is 9.59 Å². The van der Waals surface area contributed by atoms with E-state index in [0.717, 1.165) is 15.4 Å². The van der Waals surface area contributed by atoms with E-state index in [1.54, 1.807) is 6.07 Å². The Kier molecular flexibility index (Phi) is 3.92. The number of carboxylic acids is 1. The maximum absolute atomic E-state index is 12.5. The lowest BCUT2D eigenvalue weighted by molar-refractivity contribution is -0.154. The summed E-state index contributed by atoms with van der Waals surface area (Å²) < 4.78 is 11.5. The first-order valence-electron chi connectivity index (χ1n) is 6.79. The van der Waals surface area contributed by atoms with E-state index in [-0.39, 0.29) is 24.8 Å². The van der Waals surface area contributed by atoms with Crippen LogP contribution in [-0.2, 0) is 9.53 Å². The standard InChI is InChI=1S/C15H14BrNO5/c1-8-4-9-6-11(22-13(9)10(16)5-8)14(18)17-2-3-21-12(7-17)15(19)20/h4-6,12H,2-3,7H2,1H3,(H,19,20). The van der Waals surface area contributed by atoms with Crippen molar-refractivity contribution in [3.8, 4) is 0 Å². The van der Waals surface area contributed by atoms with E-state index in [2.05, 4.69) is 15.9 Å². The van der Waals surface area contributed by atoms with Gasteiger partial charge >= 0.3 is 5.97 Å². The van der Waals surface area contributed by atoms with Gasteiger partial charge in [0.1, 0.15) is 5.58 Å². The van der Waals surface area contributed by atoms with Crippen molar-refractivity contribution in [1.82, 2.24) is 4.90 Å². The third-order valence-electron chi connectivity index (χ3n) is 3.56. The van der Waals surface area contributed by atoms with Crippen molar-refractivity contribution in [3.05, 3.63) is 34.0 Å². The van der Waals surface area contributed by atoms with Gasteiger partial charge in [-0.2, -0.15) is 0 Å². The van der Waals surface area contributed by atoms with Crippen molar-refractivity contribution in [2.75, 3.05) is 19.7 Å². The van der Waals surface area contributed by atoms with Crippen LogP contribution in [0, 0.1) is 6.92 Å². The molecule has 2 aromatic rings. The Bertz CT molecular complexity index is 754. The van der Waals surface area contributed by atoms with Gasteiger partial charge in [0.25, 0.3) is 5.91 Å². The number of morpholine rings is 1. The molecule has 1 unspecified atom stereocenters. The number of hydrogen-bond donors (Lipinski definition) is 1. The zero-order valence-corrected chi connectivity index (χ0v) is 13.4. The number of carboxylic acid groups (broad SMARTS) is 1. The molecule has 2 heterocycles. The first-order chi connectivity index (χ1) is 10.5. The number of amides is 1. The van der Waals surface area contributed by atoms with Crippen LogP contribution in [0.5, 0.6) is 0 Å². The second-order valence-corrected chi connectivity index (χ2v) is 6.08. The molecule has 1 aliphatic heterocycles. The third kappa shape index (κ3) is 2.74. The fourth-order valence-electron chi connectivity index (χ4n) is 2.50. The molecule has 0 spiro atoms. The number of rotatable bonds is 2. The number of aryl methyl sites for hydroxylation is 1. The van der Waals surface area contributed by atoms with Crippen LogP contribution in [-0.4, -0.2) is 47.7 Å². The van der Waals surface area contributed by atoms with E-state index in [1.807, 2.05) is 19.1 Å². The lowest BCUT2D eigenvalue weighted by Gasteiger charge is -2.30. The number of nitrogens with zero attached hydrogens (tertiary/aromatic N) is 1. The minimum atomic E-state index is -1.07. The molecule has 1 amide bonds. The maximum Gasteiger partial charge on any atom is 0.334 e. The van der Waals surface area contributed by atoms with E-state index in [0.29, 0.717) is 12.1 Å². The highest BCUT2D eigenvalue weighted by molar-refractivity contribution is 9.10. The summed E-state index contributed by atoms with van der Waals surface area (Å²) in [7, 11) is 0. The minimum Gasteiger partial charge on any atom is -0.479 e. The molecule has 0 radical (unpaired) electrons. The Morgan fingerprint density at radius 3 is 2.86 bits per heavy atom. The molecule has 1 aromatic heterocycles. The van der Waals surface area contributed by atoms with E-state index >= 15 is 0 Å². The molecule has 0 saturated carbocycles. The summed E-state index contributed by atoms with van der Waals surface area (Å²) in [5.41, 5.74) is 1.66. The third-order valence-corrected chi connectivity index (χ3v) is 4.14. The molecular weight excluding hydrogens is 354 g/mol. The average molecular weight is 368 g/mol. The van der Waals surface area contributed by atoms with Crippen LogP contribution in [0.25, 0.3) is 11.0 Å². The number of fused-ring (bicyclic) bond motifs is 1. The topological polar surface area (TPSA) is 80.0 Å². The molecule has 1 saturated heterocycles. The van der Waals surface area contributed by atoms with Gasteiger partial charge < -0.3 is 19.2 Å². The first kappa shape index (κ1) is 15.1. The van der Waals surface area contributed by atoms with Crippen LogP contribution in [0.15, 0.2) is 27.1 Å². The van der Waals surface area contributed by atoms with E-state index in [1.165, 1.54) is 4.90 Å². The van der Waals surface area contributed by atoms with Crippen LogP contribution in [0.2, 0.25) is 0 Å². The molecule has 3 rings (SSSR count). The smallest absolute Gasteiger partial charge is 0.334 e. The Balaban J connectivity index is 1.89. The van der Waals surface area contributed by atoms with Gasteiger partial charge in [0.2, 0.25) is 0 Å². The Labute approximate surface area is 134 Å². The average Bonchev–Trinajstić information content (AvgIpc) is 2.90. The van der Waals surface area contributed by atoms with Gasteiger partial charge in [-0.05, 0) is 46.6 Å². The van der Waals surface area contributed by atoms with Crippen molar-refractivity contribution >= 4 is 38.8 Å². The number of hydrogen-bond acceptors (Lipinski definition) is 4. The summed E-state index contributed by atoms with van der Waals surface area (Å²) in [4.78, 5) is 24.9. The van der Waals surface area contributed by atoms with Crippen LogP contribution < -0.4 is 0 Å². The highest BCUT2D eigenvalue weighted by atomic mass is 79.9. The summed E-state index contributed by atoms with van der Waals surface area (Å²) in [5.74, 6) is -1.19.